The summed E-state index contributed by atoms with van der Waals surface area (Å²) in [5.41, 5.74) is 1.30. The Labute approximate surface area is 147 Å². The van der Waals surface area contributed by atoms with Gasteiger partial charge in [0, 0.05) is 9.79 Å². The molecule has 0 spiro atoms. The maximum absolute atomic E-state index is 11.2. The van der Waals surface area contributed by atoms with Gasteiger partial charge in [0.25, 0.3) is 10.1 Å². The Kier molecular flexibility index (Phi) is 3.91. The average Bonchev–Trinajstić information content (AvgIpc) is 3.14. The lowest BCUT2D eigenvalue weighted by Crippen LogP contribution is -2.10. The lowest BCUT2D eigenvalue weighted by Gasteiger charge is -2.05. The van der Waals surface area contributed by atoms with E-state index in [0.29, 0.717) is 4.90 Å². The Hall–Kier alpha value is -1.75. The van der Waals surface area contributed by atoms with Crippen LogP contribution in [0, 0.1) is 0 Å². The number of fused-ring (bicyclic) bond motifs is 2. The maximum atomic E-state index is 11.2. The molecule has 2 aliphatic rings. The lowest BCUT2D eigenvalue weighted by molar-refractivity contribution is 0.483. The fourth-order valence-electron chi connectivity index (χ4n) is 2.36. The van der Waals surface area contributed by atoms with Crippen molar-refractivity contribution in [3.05, 3.63) is 42.5 Å². The van der Waals surface area contributed by atoms with Crippen molar-refractivity contribution in [1.82, 2.24) is 0 Å². The van der Waals surface area contributed by atoms with Gasteiger partial charge < -0.3 is 10.6 Å². The number of nitrogens with zero attached hydrogens (tertiary/aromatic N) is 2. The Morgan fingerprint density at radius 3 is 2.21 bits per heavy atom. The van der Waals surface area contributed by atoms with Gasteiger partial charge in [-0.1, -0.05) is 35.7 Å². The molecule has 2 aliphatic heterocycles. The molecule has 2 heterocycles. The van der Waals surface area contributed by atoms with E-state index < -0.39 is 10.1 Å². The van der Waals surface area contributed by atoms with E-state index >= 15 is 0 Å². The molecule has 0 fully saturated rings. The SMILES string of the molecule is O=S(=O)(O)c1ccc2c(c1)SC(N=NC1Nc3ccccc3S1)N2. The summed E-state index contributed by atoms with van der Waals surface area (Å²) in [6, 6.07) is 12.3. The zero-order valence-electron chi connectivity index (χ0n) is 12.1. The second kappa shape index (κ2) is 5.96. The average molecular weight is 380 g/mol. The van der Waals surface area contributed by atoms with Crippen molar-refractivity contribution in [2.45, 2.75) is 25.7 Å². The van der Waals surface area contributed by atoms with Crippen LogP contribution in [-0.4, -0.2) is 24.0 Å². The van der Waals surface area contributed by atoms with Gasteiger partial charge in [0.2, 0.25) is 0 Å². The molecule has 0 aliphatic carbocycles. The van der Waals surface area contributed by atoms with Crippen molar-refractivity contribution >= 4 is 45.0 Å². The largest absolute Gasteiger partial charge is 0.353 e. The predicted molar refractivity (Wildman–Crippen MR) is 94.1 cm³/mol. The summed E-state index contributed by atoms with van der Waals surface area (Å²) in [6.45, 7) is 0. The summed E-state index contributed by atoms with van der Waals surface area (Å²) in [5.74, 6) is 0. The Balaban J connectivity index is 1.44. The second-order valence-corrected chi connectivity index (χ2v) is 8.75. The quantitative estimate of drug-likeness (QED) is 0.551. The molecule has 0 radical (unpaired) electrons. The van der Waals surface area contributed by atoms with Crippen molar-refractivity contribution in [2.75, 3.05) is 10.6 Å². The van der Waals surface area contributed by atoms with Crippen LogP contribution >= 0.6 is 23.5 Å². The van der Waals surface area contributed by atoms with Gasteiger partial charge in [-0.05, 0) is 30.3 Å². The summed E-state index contributed by atoms with van der Waals surface area (Å²) in [7, 11) is -4.21. The first kappa shape index (κ1) is 15.8. The smallest absolute Gasteiger partial charge is 0.294 e. The zero-order chi connectivity index (χ0) is 16.7. The van der Waals surface area contributed by atoms with Crippen LogP contribution in [-0.2, 0) is 10.1 Å². The first-order valence-corrected chi connectivity index (χ1v) is 10.2. The molecule has 0 saturated heterocycles. The van der Waals surface area contributed by atoms with Crippen molar-refractivity contribution in [2.24, 2.45) is 10.2 Å². The first-order valence-electron chi connectivity index (χ1n) is 6.96. The normalized spacial score (nSPS) is 22.0. The lowest BCUT2D eigenvalue weighted by atomic mass is 10.3. The van der Waals surface area contributed by atoms with E-state index in [-0.39, 0.29) is 15.9 Å². The van der Waals surface area contributed by atoms with Gasteiger partial charge in [0.15, 0.2) is 11.0 Å². The minimum atomic E-state index is -4.21. The van der Waals surface area contributed by atoms with E-state index in [1.54, 1.807) is 17.8 Å². The van der Waals surface area contributed by atoms with E-state index in [1.807, 2.05) is 24.3 Å². The van der Waals surface area contributed by atoms with Gasteiger partial charge in [-0.25, -0.2) is 0 Å². The van der Waals surface area contributed by atoms with Crippen LogP contribution in [0.1, 0.15) is 0 Å². The minimum absolute atomic E-state index is 0.128. The van der Waals surface area contributed by atoms with E-state index in [0.717, 1.165) is 16.3 Å². The molecule has 124 valence electrons. The molecule has 0 aromatic heterocycles. The molecule has 2 aromatic carbocycles. The molecule has 7 nitrogen and oxygen atoms in total. The topological polar surface area (TPSA) is 103 Å². The van der Waals surface area contributed by atoms with Crippen molar-refractivity contribution in [1.29, 1.82) is 0 Å². The Morgan fingerprint density at radius 2 is 1.54 bits per heavy atom. The molecule has 2 unspecified atom stereocenters. The molecule has 2 atom stereocenters. The number of hydrogen-bond acceptors (Lipinski definition) is 8. The molecule has 0 bridgehead atoms. The third kappa shape index (κ3) is 3.09. The number of anilines is 2. The summed E-state index contributed by atoms with van der Waals surface area (Å²) >= 11 is 2.94. The third-order valence-electron chi connectivity index (χ3n) is 3.45. The summed E-state index contributed by atoms with van der Waals surface area (Å²) in [5, 5.41) is 15.0. The van der Waals surface area contributed by atoms with Crippen LogP contribution in [0.25, 0.3) is 0 Å². The molecular formula is C14H12N4O3S3. The molecule has 0 saturated carbocycles. The molecule has 2 aromatic rings. The molecule has 3 N–H and O–H groups in total. The van der Waals surface area contributed by atoms with Crippen LogP contribution in [0.5, 0.6) is 0 Å². The monoisotopic (exact) mass is 380 g/mol. The highest BCUT2D eigenvalue weighted by atomic mass is 32.2. The van der Waals surface area contributed by atoms with Gasteiger partial charge in [-0.2, -0.15) is 18.6 Å². The van der Waals surface area contributed by atoms with Gasteiger partial charge >= 0.3 is 0 Å². The summed E-state index contributed by atoms with van der Waals surface area (Å²) in [6.07, 6.45) is 0. The fourth-order valence-corrected chi connectivity index (χ4v) is 4.86. The van der Waals surface area contributed by atoms with Crippen LogP contribution in [0.3, 0.4) is 0 Å². The standard InChI is InChI=1S/C14H12N4O3S3/c19-24(20,21)8-5-6-10-12(7-8)23-14(16-10)18-17-13-15-9-3-1-2-4-11(9)22-13/h1-7,13-16H,(H,19,20,21). The van der Waals surface area contributed by atoms with Crippen molar-refractivity contribution in [3.8, 4) is 0 Å². The number of azo groups is 1. The van der Waals surface area contributed by atoms with Gasteiger partial charge in [-0.15, -0.1) is 0 Å². The Morgan fingerprint density at radius 1 is 0.917 bits per heavy atom. The minimum Gasteiger partial charge on any atom is -0.353 e. The van der Waals surface area contributed by atoms with Crippen LogP contribution in [0.2, 0.25) is 0 Å². The van der Waals surface area contributed by atoms with E-state index in [9.17, 15) is 8.42 Å². The number of benzene rings is 2. The number of nitrogens with one attached hydrogen (secondary N) is 2. The molecule has 4 rings (SSSR count). The van der Waals surface area contributed by atoms with Crippen LogP contribution in [0.15, 0.2) is 67.4 Å². The van der Waals surface area contributed by atoms with Crippen molar-refractivity contribution < 1.29 is 13.0 Å². The second-order valence-electron chi connectivity index (χ2n) is 5.09. The number of thioether (sulfide) groups is 2. The zero-order valence-corrected chi connectivity index (χ0v) is 14.5. The van der Waals surface area contributed by atoms with Crippen LogP contribution in [0.4, 0.5) is 11.4 Å². The van der Waals surface area contributed by atoms with Crippen molar-refractivity contribution in [3.63, 3.8) is 0 Å². The molecule has 24 heavy (non-hydrogen) atoms. The molecular weight excluding hydrogens is 368 g/mol. The van der Waals surface area contributed by atoms with Gasteiger partial charge in [-0.3, -0.25) is 4.55 Å². The number of para-hydroxylation sites is 1. The predicted octanol–water partition coefficient (Wildman–Crippen LogP) is 3.69. The number of rotatable bonds is 3. The fraction of sp³-hybridized carbons (Fsp3) is 0.143. The highest BCUT2D eigenvalue weighted by Gasteiger charge is 2.25. The van der Waals surface area contributed by atoms with E-state index in [4.69, 9.17) is 4.55 Å². The highest BCUT2D eigenvalue weighted by Crippen LogP contribution is 2.42. The highest BCUT2D eigenvalue weighted by molar-refractivity contribution is 8.00. The summed E-state index contributed by atoms with van der Waals surface area (Å²) in [4.78, 5) is 1.72. The van der Waals surface area contributed by atoms with Gasteiger partial charge in [0.1, 0.15) is 0 Å². The molecule has 0 amide bonds. The first-order chi connectivity index (χ1) is 11.5. The van der Waals surface area contributed by atoms with E-state index in [1.165, 1.54) is 23.9 Å². The number of hydrogen-bond donors (Lipinski definition) is 3. The van der Waals surface area contributed by atoms with E-state index in [2.05, 4.69) is 20.9 Å². The van der Waals surface area contributed by atoms with Gasteiger partial charge in [0.05, 0.1) is 16.3 Å². The maximum Gasteiger partial charge on any atom is 0.294 e. The molecule has 10 heteroatoms. The third-order valence-corrected chi connectivity index (χ3v) is 6.37. The Bertz CT molecular complexity index is 908. The summed E-state index contributed by atoms with van der Waals surface area (Å²) < 4.78 is 31.5. The van der Waals surface area contributed by atoms with Crippen LogP contribution < -0.4 is 10.6 Å².